The second kappa shape index (κ2) is 5.65. The molecular weight excluding hydrogens is 250 g/mol. The predicted octanol–water partition coefficient (Wildman–Crippen LogP) is 2.70. The Labute approximate surface area is 119 Å². The average molecular weight is 269 g/mol. The highest BCUT2D eigenvalue weighted by Gasteiger charge is 2.15. The summed E-state index contributed by atoms with van der Waals surface area (Å²) in [4.78, 5) is 13.9. The molecule has 0 aliphatic carbocycles. The number of hydrogen-bond donors (Lipinski definition) is 2. The zero-order valence-corrected chi connectivity index (χ0v) is 12.0. The summed E-state index contributed by atoms with van der Waals surface area (Å²) < 4.78 is 0. The summed E-state index contributed by atoms with van der Waals surface area (Å²) in [5, 5.41) is 2.65. The van der Waals surface area contributed by atoms with Crippen LogP contribution in [0.25, 0.3) is 0 Å². The van der Waals surface area contributed by atoms with Crippen LogP contribution in [-0.4, -0.2) is 20.0 Å². The van der Waals surface area contributed by atoms with Gasteiger partial charge in [-0.25, -0.2) is 0 Å². The molecular formula is C16H19N3O. The van der Waals surface area contributed by atoms with E-state index >= 15 is 0 Å². The fourth-order valence-electron chi connectivity index (χ4n) is 2.13. The SMILES string of the molecule is CNC(=O)c1ccc(N)cc1N(C)c1cccc(C)c1. The number of aryl methyl sites for hydroxylation is 1. The zero-order chi connectivity index (χ0) is 14.7. The number of nitrogens with zero attached hydrogens (tertiary/aromatic N) is 1. The van der Waals surface area contributed by atoms with Gasteiger partial charge in [0.1, 0.15) is 0 Å². The maximum absolute atomic E-state index is 12.0. The van der Waals surface area contributed by atoms with E-state index in [1.807, 2.05) is 43.1 Å². The van der Waals surface area contributed by atoms with Crippen molar-refractivity contribution in [1.29, 1.82) is 0 Å². The molecule has 0 heterocycles. The molecule has 3 N–H and O–H groups in total. The van der Waals surface area contributed by atoms with Gasteiger partial charge in [-0.05, 0) is 42.8 Å². The molecule has 2 aromatic carbocycles. The Morgan fingerprint density at radius 3 is 2.60 bits per heavy atom. The lowest BCUT2D eigenvalue weighted by Gasteiger charge is -2.23. The van der Waals surface area contributed by atoms with Gasteiger partial charge in [0.05, 0.1) is 11.3 Å². The minimum atomic E-state index is -0.125. The van der Waals surface area contributed by atoms with Gasteiger partial charge in [0.25, 0.3) is 5.91 Å². The zero-order valence-electron chi connectivity index (χ0n) is 12.0. The van der Waals surface area contributed by atoms with E-state index in [9.17, 15) is 4.79 Å². The maximum atomic E-state index is 12.0. The van der Waals surface area contributed by atoms with E-state index in [2.05, 4.69) is 11.4 Å². The highest BCUT2D eigenvalue weighted by Crippen LogP contribution is 2.29. The molecule has 0 radical (unpaired) electrons. The predicted molar refractivity (Wildman–Crippen MR) is 83.5 cm³/mol. The van der Waals surface area contributed by atoms with Gasteiger partial charge in [-0.15, -0.1) is 0 Å². The van der Waals surface area contributed by atoms with Gasteiger partial charge < -0.3 is 16.0 Å². The molecule has 0 unspecified atom stereocenters. The second-order valence-electron chi connectivity index (χ2n) is 4.75. The Kier molecular flexibility index (Phi) is 3.94. The Morgan fingerprint density at radius 2 is 1.95 bits per heavy atom. The van der Waals surface area contributed by atoms with Crippen LogP contribution in [0.1, 0.15) is 15.9 Å². The van der Waals surface area contributed by atoms with E-state index in [1.165, 1.54) is 5.56 Å². The van der Waals surface area contributed by atoms with Crippen molar-refractivity contribution in [3.8, 4) is 0 Å². The number of carbonyl (C=O) groups excluding carboxylic acids is 1. The third-order valence-corrected chi connectivity index (χ3v) is 3.24. The fraction of sp³-hybridized carbons (Fsp3) is 0.188. The summed E-state index contributed by atoms with van der Waals surface area (Å²) >= 11 is 0. The molecule has 0 atom stereocenters. The summed E-state index contributed by atoms with van der Waals surface area (Å²) in [5.74, 6) is -0.125. The van der Waals surface area contributed by atoms with Crippen molar-refractivity contribution >= 4 is 23.0 Å². The van der Waals surface area contributed by atoms with Crippen LogP contribution in [0.15, 0.2) is 42.5 Å². The van der Waals surface area contributed by atoms with E-state index < -0.39 is 0 Å². The Balaban J connectivity index is 2.50. The number of rotatable bonds is 3. The number of carbonyl (C=O) groups is 1. The topological polar surface area (TPSA) is 58.4 Å². The summed E-state index contributed by atoms with van der Waals surface area (Å²) in [6.07, 6.45) is 0. The van der Waals surface area contributed by atoms with Crippen LogP contribution in [0, 0.1) is 6.92 Å². The molecule has 4 heteroatoms. The van der Waals surface area contributed by atoms with Crippen molar-refractivity contribution in [3.63, 3.8) is 0 Å². The number of hydrogen-bond acceptors (Lipinski definition) is 3. The lowest BCUT2D eigenvalue weighted by atomic mass is 10.1. The molecule has 0 aliphatic heterocycles. The van der Waals surface area contributed by atoms with Crippen molar-refractivity contribution in [1.82, 2.24) is 5.32 Å². The van der Waals surface area contributed by atoms with Crippen molar-refractivity contribution < 1.29 is 4.79 Å². The summed E-state index contributed by atoms with van der Waals surface area (Å²) in [5.41, 5.74) is 10.1. The molecule has 4 nitrogen and oxygen atoms in total. The van der Waals surface area contributed by atoms with Crippen LogP contribution in [0.5, 0.6) is 0 Å². The maximum Gasteiger partial charge on any atom is 0.253 e. The number of nitrogens with two attached hydrogens (primary N) is 1. The van der Waals surface area contributed by atoms with E-state index in [0.717, 1.165) is 11.4 Å². The number of amides is 1. The summed E-state index contributed by atoms with van der Waals surface area (Å²) in [6, 6.07) is 13.4. The Morgan fingerprint density at radius 1 is 1.20 bits per heavy atom. The second-order valence-corrected chi connectivity index (χ2v) is 4.75. The van der Waals surface area contributed by atoms with Crippen molar-refractivity contribution in [2.24, 2.45) is 0 Å². The fourth-order valence-corrected chi connectivity index (χ4v) is 2.13. The summed E-state index contributed by atoms with van der Waals surface area (Å²) in [7, 11) is 3.55. The average Bonchev–Trinajstić information content (AvgIpc) is 2.45. The summed E-state index contributed by atoms with van der Waals surface area (Å²) in [6.45, 7) is 2.04. The van der Waals surface area contributed by atoms with Crippen molar-refractivity contribution in [2.45, 2.75) is 6.92 Å². The van der Waals surface area contributed by atoms with Crippen molar-refractivity contribution in [2.75, 3.05) is 24.7 Å². The van der Waals surface area contributed by atoms with Gasteiger partial charge in [-0.1, -0.05) is 12.1 Å². The molecule has 0 aromatic heterocycles. The normalized spacial score (nSPS) is 10.2. The van der Waals surface area contributed by atoms with Crippen LogP contribution >= 0.6 is 0 Å². The smallest absolute Gasteiger partial charge is 0.253 e. The minimum Gasteiger partial charge on any atom is -0.399 e. The molecule has 1 amide bonds. The van der Waals surface area contributed by atoms with Gasteiger partial charge in [-0.3, -0.25) is 4.79 Å². The molecule has 20 heavy (non-hydrogen) atoms. The quantitative estimate of drug-likeness (QED) is 0.842. The Hall–Kier alpha value is -2.49. The van der Waals surface area contributed by atoms with Gasteiger partial charge >= 0.3 is 0 Å². The lowest BCUT2D eigenvalue weighted by Crippen LogP contribution is -2.22. The molecule has 0 saturated carbocycles. The van der Waals surface area contributed by atoms with Crippen LogP contribution in [0.2, 0.25) is 0 Å². The standard InChI is InChI=1S/C16H19N3O/c1-11-5-4-6-13(9-11)19(3)15-10-12(17)7-8-14(15)16(20)18-2/h4-10H,17H2,1-3H3,(H,18,20). The highest BCUT2D eigenvalue weighted by molar-refractivity contribution is 6.01. The largest absolute Gasteiger partial charge is 0.399 e. The lowest BCUT2D eigenvalue weighted by molar-refractivity contribution is 0.0963. The number of benzene rings is 2. The molecule has 0 aliphatic rings. The number of nitrogens with one attached hydrogen (secondary N) is 1. The third kappa shape index (κ3) is 2.74. The van der Waals surface area contributed by atoms with Crippen LogP contribution in [0.4, 0.5) is 17.1 Å². The molecule has 0 saturated heterocycles. The first kappa shape index (κ1) is 13.9. The van der Waals surface area contributed by atoms with Gasteiger partial charge in [0, 0.05) is 25.5 Å². The third-order valence-electron chi connectivity index (χ3n) is 3.24. The van der Waals surface area contributed by atoms with E-state index in [1.54, 1.807) is 19.2 Å². The van der Waals surface area contributed by atoms with E-state index in [0.29, 0.717) is 11.3 Å². The van der Waals surface area contributed by atoms with Crippen molar-refractivity contribution in [3.05, 3.63) is 53.6 Å². The Bertz CT molecular complexity index is 637. The molecule has 2 rings (SSSR count). The first-order valence-electron chi connectivity index (χ1n) is 6.45. The molecule has 2 aromatic rings. The molecule has 0 bridgehead atoms. The van der Waals surface area contributed by atoms with Crippen LogP contribution < -0.4 is 16.0 Å². The minimum absolute atomic E-state index is 0.125. The number of anilines is 3. The number of nitrogen functional groups attached to an aromatic ring is 1. The highest BCUT2D eigenvalue weighted by atomic mass is 16.1. The van der Waals surface area contributed by atoms with Crippen LogP contribution in [0.3, 0.4) is 0 Å². The first-order chi connectivity index (χ1) is 9.52. The monoisotopic (exact) mass is 269 g/mol. The molecule has 0 fully saturated rings. The van der Waals surface area contributed by atoms with E-state index in [-0.39, 0.29) is 5.91 Å². The first-order valence-corrected chi connectivity index (χ1v) is 6.45. The van der Waals surface area contributed by atoms with Crippen LogP contribution in [-0.2, 0) is 0 Å². The molecule has 104 valence electrons. The van der Waals surface area contributed by atoms with Gasteiger partial charge in [0.15, 0.2) is 0 Å². The van der Waals surface area contributed by atoms with Gasteiger partial charge in [0.2, 0.25) is 0 Å². The van der Waals surface area contributed by atoms with E-state index in [4.69, 9.17) is 5.73 Å². The van der Waals surface area contributed by atoms with Gasteiger partial charge in [-0.2, -0.15) is 0 Å². The molecule has 0 spiro atoms.